The molecule has 0 fully saturated rings. The summed E-state index contributed by atoms with van der Waals surface area (Å²) in [4.78, 5) is 0. The normalized spacial score (nSPS) is 13.1. The van der Waals surface area contributed by atoms with Crippen molar-refractivity contribution in [2.75, 3.05) is 11.5 Å². The molecule has 4 N–H and O–H groups in total. The standard InChI is InChI=1S/C56H84N2/c1-4-7-10-13-16-17-20-23-26-27-54(46-30-34-48(35-31-46)55(50-38-42-52(57)43-39-50)28-24-21-18-14-11-8-5-2)47-32-36-49(37-33-47)56(51-40-44-53(58)45-41-51)29-25-22-19-15-12-9-6-3/h30-45,54-56H,4-29,57-58H2,1-3H3. The molecule has 2 heteroatoms. The van der Waals surface area contributed by atoms with Crippen LogP contribution >= 0.6 is 0 Å². The van der Waals surface area contributed by atoms with Crippen molar-refractivity contribution in [3.8, 4) is 0 Å². The van der Waals surface area contributed by atoms with Gasteiger partial charge in [-0.1, -0.05) is 241 Å². The van der Waals surface area contributed by atoms with Crippen LogP contribution in [0.15, 0.2) is 97.1 Å². The summed E-state index contributed by atoms with van der Waals surface area (Å²) in [5.41, 5.74) is 22.6. The van der Waals surface area contributed by atoms with Crippen molar-refractivity contribution in [2.45, 2.75) is 205 Å². The third-order valence-electron chi connectivity index (χ3n) is 12.9. The first-order valence-corrected chi connectivity index (χ1v) is 24.4. The van der Waals surface area contributed by atoms with Gasteiger partial charge in [-0.15, -0.1) is 0 Å². The zero-order chi connectivity index (χ0) is 41.0. The second-order valence-corrected chi connectivity index (χ2v) is 17.8. The first-order valence-electron chi connectivity index (χ1n) is 24.4. The van der Waals surface area contributed by atoms with Gasteiger partial charge in [0.05, 0.1) is 0 Å². The van der Waals surface area contributed by atoms with E-state index >= 15 is 0 Å². The minimum Gasteiger partial charge on any atom is -0.399 e. The van der Waals surface area contributed by atoms with Gasteiger partial charge in [-0.25, -0.2) is 0 Å². The lowest BCUT2D eigenvalue weighted by Gasteiger charge is -2.23. The van der Waals surface area contributed by atoms with Crippen molar-refractivity contribution < 1.29 is 0 Å². The highest BCUT2D eigenvalue weighted by molar-refractivity contribution is 5.45. The molecule has 0 heterocycles. The van der Waals surface area contributed by atoms with Gasteiger partial charge >= 0.3 is 0 Å². The molecule has 0 amide bonds. The molecule has 2 unspecified atom stereocenters. The lowest BCUT2D eigenvalue weighted by Crippen LogP contribution is -2.06. The van der Waals surface area contributed by atoms with Crippen molar-refractivity contribution in [2.24, 2.45) is 0 Å². The quantitative estimate of drug-likeness (QED) is 0.0383. The van der Waals surface area contributed by atoms with Gasteiger partial charge in [-0.2, -0.15) is 0 Å². The zero-order valence-corrected chi connectivity index (χ0v) is 37.5. The van der Waals surface area contributed by atoms with E-state index in [0.29, 0.717) is 17.8 Å². The third kappa shape index (κ3) is 17.4. The van der Waals surface area contributed by atoms with Crippen molar-refractivity contribution in [1.29, 1.82) is 0 Å². The van der Waals surface area contributed by atoms with Gasteiger partial charge in [-0.3, -0.25) is 0 Å². The Kier molecular flexibility index (Phi) is 23.4. The molecule has 0 radical (unpaired) electrons. The Labute approximate surface area is 357 Å². The zero-order valence-electron chi connectivity index (χ0n) is 37.5. The average molecular weight is 785 g/mol. The molecule has 0 aliphatic heterocycles. The van der Waals surface area contributed by atoms with E-state index < -0.39 is 0 Å². The van der Waals surface area contributed by atoms with Crippen LogP contribution < -0.4 is 11.5 Å². The van der Waals surface area contributed by atoms with E-state index in [4.69, 9.17) is 11.5 Å². The summed E-state index contributed by atoms with van der Waals surface area (Å²) in [5, 5.41) is 0. The molecule has 0 spiro atoms. The van der Waals surface area contributed by atoms with Gasteiger partial charge in [0.2, 0.25) is 0 Å². The lowest BCUT2D eigenvalue weighted by molar-refractivity contribution is 0.545. The first-order chi connectivity index (χ1) is 28.5. The van der Waals surface area contributed by atoms with Crippen LogP contribution in [0.25, 0.3) is 0 Å². The van der Waals surface area contributed by atoms with Crippen LogP contribution in [0, 0.1) is 0 Å². The van der Waals surface area contributed by atoms with E-state index in [-0.39, 0.29) is 0 Å². The molecule has 0 aromatic heterocycles. The molecule has 0 saturated carbocycles. The molecule has 0 aliphatic rings. The summed E-state index contributed by atoms with van der Waals surface area (Å²) in [7, 11) is 0. The van der Waals surface area contributed by atoms with E-state index in [1.165, 1.54) is 200 Å². The summed E-state index contributed by atoms with van der Waals surface area (Å²) in [6.45, 7) is 6.91. The van der Waals surface area contributed by atoms with Crippen LogP contribution in [-0.2, 0) is 0 Å². The molecule has 4 aromatic rings. The molecule has 0 aliphatic carbocycles. The Morgan fingerprint density at radius 3 is 0.638 bits per heavy atom. The van der Waals surface area contributed by atoms with Gasteiger partial charge < -0.3 is 11.5 Å². The van der Waals surface area contributed by atoms with Crippen molar-refractivity contribution >= 4 is 11.4 Å². The summed E-state index contributed by atoms with van der Waals surface area (Å²) >= 11 is 0. The predicted molar refractivity (Wildman–Crippen MR) is 257 cm³/mol. The van der Waals surface area contributed by atoms with Crippen molar-refractivity contribution in [3.05, 3.63) is 130 Å². The van der Waals surface area contributed by atoms with Crippen LogP contribution in [0.3, 0.4) is 0 Å². The van der Waals surface area contributed by atoms with Crippen LogP contribution in [0.4, 0.5) is 11.4 Å². The Morgan fingerprint density at radius 1 is 0.259 bits per heavy atom. The summed E-state index contributed by atoms with van der Waals surface area (Å²) < 4.78 is 0. The molecule has 58 heavy (non-hydrogen) atoms. The fourth-order valence-electron chi connectivity index (χ4n) is 9.23. The summed E-state index contributed by atoms with van der Waals surface area (Å²) in [5.74, 6) is 1.22. The minimum absolute atomic E-state index is 0.405. The highest BCUT2D eigenvalue weighted by atomic mass is 14.5. The highest BCUT2D eigenvalue weighted by Crippen LogP contribution is 2.37. The maximum atomic E-state index is 6.15. The number of hydrogen-bond donors (Lipinski definition) is 2. The van der Waals surface area contributed by atoms with Gasteiger partial charge in [0.1, 0.15) is 0 Å². The van der Waals surface area contributed by atoms with E-state index in [9.17, 15) is 0 Å². The number of nitrogens with two attached hydrogens (primary N) is 2. The Bertz CT molecular complexity index is 1460. The van der Waals surface area contributed by atoms with Gasteiger partial charge in [0.25, 0.3) is 0 Å². The number of unbranched alkanes of at least 4 members (excludes halogenated alkanes) is 20. The summed E-state index contributed by atoms with van der Waals surface area (Å²) in [6, 6.07) is 37.0. The van der Waals surface area contributed by atoms with E-state index in [0.717, 1.165) is 11.4 Å². The van der Waals surface area contributed by atoms with Crippen LogP contribution in [0.5, 0.6) is 0 Å². The number of benzene rings is 4. The smallest absolute Gasteiger partial charge is 0.0314 e. The summed E-state index contributed by atoms with van der Waals surface area (Å²) in [6.07, 6.45) is 34.6. The molecule has 318 valence electrons. The minimum atomic E-state index is 0.405. The number of hydrogen-bond acceptors (Lipinski definition) is 2. The second-order valence-electron chi connectivity index (χ2n) is 17.8. The Morgan fingerprint density at radius 2 is 0.431 bits per heavy atom. The largest absolute Gasteiger partial charge is 0.399 e. The van der Waals surface area contributed by atoms with Gasteiger partial charge in [-0.05, 0) is 76.9 Å². The number of nitrogen functional groups attached to an aromatic ring is 2. The third-order valence-corrected chi connectivity index (χ3v) is 12.9. The lowest BCUT2D eigenvalue weighted by atomic mass is 9.81. The highest BCUT2D eigenvalue weighted by Gasteiger charge is 2.20. The topological polar surface area (TPSA) is 52.0 Å². The molecule has 4 rings (SSSR count). The fraction of sp³-hybridized carbons (Fsp3) is 0.571. The predicted octanol–water partition coefficient (Wildman–Crippen LogP) is 17.4. The van der Waals surface area contributed by atoms with E-state index in [2.05, 4.69) is 118 Å². The molecular weight excluding hydrogens is 701 g/mol. The van der Waals surface area contributed by atoms with Crippen LogP contribution in [-0.4, -0.2) is 0 Å². The number of rotatable bonds is 32. The molecule has 0 saturated heterocycles. The Hall–Kier alpha value is -3.52. The fourth-order valence-corrected chi connectivity index (χ4v) is 9.23. The van der Waals surface area contributed by atoms with Gasteiger partial charge in [0.15, 0.2) is 0 Å². The van der Waals surface area contributed by atoms with Crippen molar-refractivity contribution in [3.63, 3.8) is 0 Å². The van der Waals surface area contributed by atoms with Gasteiger partial charge in [0, 0.05) is 29.1 Å². The molecule has 2 atom stereocenters. The monoisotopic (exact) mass is 785 g/mol. The molecular formula is C56H84N2. The van der Waals surface area contributed by atoms with Crippen molar-refractivity contribution in [1.82, 2.24) is 0 Å². The van der Waals surface area contributed by atoms with Crippen LogP contribution in [0.2, 0.25) is 0 Å². The van der Waals surface area contributed by atoms with E-state index in [1.807, 2.05) is 0 Å². The maximum absolute atomic E-state index is 6.15. The second kappa shape index (κ2) is 28.8. The first kappa shape index (κ1) is 47.2. The average Bonchev–Trinajstić information content (AvgIpc) is 3.25. The number of anilines is 2. The SMILES string of the molecule is CCCCCCCCCCCC(c1ccc(C(CCCCCCCCC)c2ccc(N)cc2)cc1)c1ccc(C(CCCCCCCCC)c2ccc(N)cc2)cc1. The van der Waals surface area contributed by atoms with E-state index in [1.54, 1.807) is 0 Å². The van der Waals surface area contributed by atoms with Crippen LogP contribution in [0.1, 0.15) is 239 Å². The Balaban J connectivity index is 1.51. The molecule has 0 bridgehead atoms. The maximum Gasteiger partial charge on any atom is 0.0314 e. The molecule has 4 aromatic carbocycles. The molecule has 2 nitrogen and oxygen atoms in total.